The summed E-state index contributed by atoms with van der Waals surface area (Å²) in [5.41, 5.74) is 2.03. The van der Waals surface area contributed by atoms with Crippen molar-refractivity contribution in [2.75, 3.05) is 11.9 Å². The molecule has 0 saturated carbocycles. The van der Waals surface area contributed by atoms with Crippen LogP contribution in [0.1, 0.15) is 26.5 Å². The third kappa shape index (κ3) is 2.94. The first-order valence-electron chi connectivity index (χ1n) is 8.57. The van der Waals surface area contributed by atoms with Gasteiger partial charge in [-0.25, -0.2) is 9.67 Å². The van der Waals surface area contributed by atoms with Gasteiger partial charge in [0, 0.05) is 25.4 Å². The van der Waals surface area contributed by atoms with Crippen molar-refractivity contribution in [3.8, 4) is 0 Å². The fourth-order valence-corrected chi connectivity index (χ4v) is 2.91. The second-order valence-electron chi connectivity index (χ2n) is 7.25. The topological polar surface area (TPSA) is 92.9 Å². The number of anilines is 1. The van der Waals surface area contributed by atoms with Crippen LogP contribution < -0.4 is 10.9 Å². The summed E-state index contributed by atoms with van der Waals surface area (Å²) in [5.74, 6) is 0.442. The SMILES string of the molecule is CC(C)(C)n1ncc2c(=O)[nH]c(NCCc3cn4ccccc4n3)nc21. The third-order valence-electron chi connectivity index (χ3n) is 4.16. The molecular weight excluding hydrogens is 330 g/mol. The second kappa shape index (κ2) is 5.98. The van der Waals surface area contributed by atoms with Crippen LogP contribution in [0.3, 0.4) is 0 Å². The van der Waals surface area contributed by atoms with Crippen LogP contribution in [0.15, 0.2) is 41.6 Å². The zero-order chi connectivity index (χ0) is 18.3. The number of nitrogens with one attached hydrogen (secondary N) is 2. The van der Waals surface area contributed by atoms with Crippen LogP contribution in [0.5, 0.6) is 0 Å². The molecule has 0 aliphatic heterocycles. The second-order valence-corrected chi connectivity index (χ2v) is 7.25. The zero-order valence-electron chi connectivity index (χ0n) is 15.0. The van der Waals surface area contributed by atoms with Gasteiger partial charge in [-0.05, 0) is 32.9 Å². The maximum absolute atomic E-state index is 12.3. The highest BCUT2D eigenvalue weighted by molar-refractivity contribution is 5.74. The van der Waals surface area contributed by atoms with Crippen molar-refractivity contribution in [3.05, 3.63) is 52.8 Å². The van der Waals surface area contributed by atoms with Crippen molar-refractivity contribution in [2.45, 2.75) is 32.7 Å². The van der Waals surface area contributed by atoms with E-state index in [4.69, 9.17) is 0 Å². The average Bonchev–Trinajstić information content (AvgIpc) is 3.18. The number of rotatable bonds is 4. The third-order valence-corrected chi connectivity index (χ3v) is 4.16. The fraction of sp³-hybridized carbons (Fsp3) is 0.333. The maximum Gasteiger partial charge on any atom is 0.263 e. The van der Waals surface area contributed by atoms with Gasteiger partial charge in [0.05, 0.1) is 17.4 Å². The quantitative estimate of drug-likeness (QED) is 0.588. The van der Waals surface area contributed by atoms with Crippen molar-refractivity contribution in [3.63, 3.8) is 0 Å². The predicted molar refractivity (Wildman–Crippen MR) is 101 cm³/mol. The summed E-state index contributed by atoms with van der Waals surface area (Å²) in [7, 11) is 0. The Morgan fingerprint density at radius 2 is 2.08 bits per heavy atom. The molecule has 0 aromatic carbocycles. The minimum Gasteiger partial charge on any atom is -0.355 e. The molecular formula is C18H21N7O. The van der Waals surface area contributed by atoms with E-state index in [2.05, 4.69) is 25.4 Å². The molecule has 134 valence electrons. The molecule has 0 fully saturated rings. The van der Waals surface area contributed by atoms with Gasteiger partial charge >= 0.3 is 0 Å². The Morgan fingerprint density at radius 3 is 2.85 bits per heavy atom. The smallest absolute Gasteiger partial charge is 0.263 e. The predicted octanol–water partition coefficient (Wildman–Crippen LogP) is 2.18. The summed E-state index contributed by atoms with van der Waals surface area (Å²) in [5, 5.41) is 7.99. The molecule has 4 aromatic heterocycles. The molecule has 0 aliphatic carbocycles. The van der Waals surface area contributed by atoms with Crippen LogP contribution in [-0.4, -0.2) is 35.7 Å². The van der Waals surface area contributed by atoms with E-state index in [1.807, 2.05) is 55.8 Å². The number of aromatic amines is 1. The molecule has 26 heavy (non-hydrogen) atoms. The highest BCUT2D eigenvalue weighted by Crippen LogP contribution is 2.18. The van der Waals surface area contributed by atoms with Gasteiger partial charge in [0.15, 0.2) is 5.65 Å². The molecule has 4 rings (SSSR count). The van der Waals surface area contributed by atoms with Gasteiger partial charge in [-0.2, -0.15) is 10.1 Å². The Kier molecular flexibility index (Phi) is 3.75. The van der Waals surface area contributed by atoms with Crippen LogP contribution in [0.25, 0.3) is 16.7 Å². The summed E-state index contributed by atoms with van der Waals surface area (Å²) >= 11 is 0. The lowest BCUT2D eigenvalue weighted by Crippen LogP contribution is -2.24. The van der Waals surface area contributed by atoms with E-state index in [1.54, 1.807) is 10.9 Å². The first-order valence-corrected chi connectivity index (χ1v) is 8.57. The van der Waals surface area contributed by atoms with E-state index >= 15 is 0 Å². The molecule has 0 amide bonds. The van der Waals surface area contributed by atoms with E-state index in [-0.39, 0.29) is 11.1 Å². The molecule has 0 atom stereocenters. The Hall–Kier alpha value is -3.16. The van der Waals surface area contributed by atoms with Gasteiger partial charge in [-0.1, -0.05) is 6.07 Å². The highest BCUT2D eigenvalue weighted by Gasteiger charge is 2.19. The summed E-state index contributed by atoms with van der Waals surface area (Å²) in [6, 6.07) is 5.91. The Labute approximate surface area is 149 Å². The normalized spacial score (nSPS) is 12.1. The van der Waals surface area contributed by atoms with Gasteiger partial charge in [0.1, 0.15) is 11.0 Å². The van der Waals surface area contributed by atoms with Crippen LogP contribution >= 0.6 is 0 Å². The Bertz CT molecular complexity index is 1100. The molecule has 0 aliphatic rings. The van der Waals surface area contributed by atoms with Gasteiger partial charge in [0.2, 0.25) is 5.95 Å². The van der Waals surface area contributed by atoms with Crippen LogP contribution in [-0.2, 0) is 12.0 Å². The van der Waals surface area contributed by atoms with Crippen molar-refractivity contribution < 1.29 is 0 Å². The summed E-state index contributed by atoms with van der Waals surface area (Å²) in [6.45, 7) is 6.69. The Balaban J connectivity index is 1.54. The first-order chi connectivity index (χ1) is 12.4. The molecule has 0 radical (unpaired) electrons. The van der Waals surface area contributed by atoms with Crippen molar-refractivity contribution in [2.24, 2.45) is 0 Å². The maximum atomic E-state index is 12.3. The van der Waals surface area contributed by atoms with E-state index < -0.39 is 0 Å². The number of hydrogen-bond acceptors (Lipinski definition) is 5. The van der Waals surface area contributed by atoms with Gasteiger partial charge in [-0.3, -0.25) is 9.78 Å². The summed E-state index contributed by atoms with van der Waals surface area (Å²) < 4.78 is 3.76. The molecule has 8 heteroatoms. The van der Waals surface area contributed by atoms with Crippen molar-refractivity contribution in [1.82, 2.24) is 29.1 Å². The zero-order valence-corrected chi connectivity index (χ0v) is 15.0. The molecule has 0 bridgehead atoms. The monoisotopic (exact) mass is 351 g/mol. The molecule has 0 saturated heterocycles. The first kappa shape index (κ1) is 16.3. The Morgan fingerprint density at radius 1 is 1.23 bits per heavy atom. The number of pyridine rings is 1. The standard InChI is InChI=1S/C18H21N7O/c1-18(2,3)25-15-13(10-20-25)16(26)23-17(22-15)19-8-7-12-11-24-9-5-4-6-14(24)21-12/h4-6,9-11H,7-8H2,1-3H3,(H2,19,22,23,26). The highest BCUT2D eigenvalue weighted by atomic mass is 16.1. The number of nitrogens with zero attached hydrogens (tertiary/aromatic N) is 5. The number of fused-ring (bicyclic) bond motifs is 2. The average molecular weight is 351 g/mol. The summed E-state index contributed by atoms with van der Waals surface area (Å²) in [4.78, 5) is 24.2. The number of H-pyrrole nitrogens is 1. The van der Waals surface area contributed by atoms with E-state index in [1.165, 1.54) is 0 Å². The van der Waals surface area contributed by atoms with Gasteiger partial charge in [-0.15, -0.1) is 0 Å². The molecule has 2 N–H and O–H groups in total. The number of hydrogen-bond donors (Lipinski definition) is 2. The number of imidazole rings is 1. The molecule has 4 heterocycles. The van der Waals surface area contributed by atoms with E-state index in [9.17, 15) is 4.79 Å². The number of aromatic nitrogens is 6. The lowest BCUT2D eigenvalue weighted by Gasteiger charge is -2.19. The molecule has 0 unspecified atom stereocenters. The minimum absolute atomic E-state index is 0.194. The fourth-order valence-electron chi connectivity index (χ4n) is 2.91. The van der Waals surface area contributed by atoms with Crippen LogP contribution in [0, 0.1) is 0 Å². The van der Waals surface area contributed by atoms with Crippen LogP contribution in [0.2, 0.25) is 0 Å². The lowest BCUT2D eigenvalue weighted by molar-refractivity contribution is 0.366. The minimum atomic E-state index is -0.254. The van der Waals surface area contributed by atoms with Gasteiger partial charge in [0.25, 0.3) is 5.56 Å². The van der Waals surface area contributed by atoms with Crippen molar-refractivity contribution in [1.29, 1.82) is 0 Å². The summed E-state index contributed by atoms with van der Waals surface area (Å²) in [6.07, 6.45) is 6.26. The van der Waals surface area contributed by atoms with E-state index in [0.717, 1.165) is 17.8 Å². The van der Waals surface area contributed by atoms with E-state index in [0.29, 0.717) is 23.5 Å². The molecule has 0 spiro atoms. The lowest BCUT2D eigenvalue weighted by atomic mass is 10.1. The largest absolute Gasteiger partial charge is 0.355 e. The molecule has 8 nitrogen and oxygen atoms in total. The van der Waals surface area contributed by atoms with Crippen LogP contribution in [0.4, 0.5) is 5.95 Å². The van der Waals surface area contributed by atoms with Crippen molar-refractivity contribution >= 4 is 22.6 Å². The van der Waals surface area contributed by atoms with Gasteiger partial charge < -0.3 is 9.72 Å². The molecule has 4 aromatic rings.